The van der Waals surface area contributed by atoms with Gasteiger partial charge < -0.3 is 0 Å². The molecule has 0 nitrogen and oxygen atoms in total. The van der Waals surface area contributed by atoms with Gasteiger partial charge in [0.1, 0.15) is 0 Å². The van der Waals surface area contributed by atoms with Gasteiger partial charge in [0.15, 0.2) is 0 Å². The number of hydrogen-bond acceptors (Lipinski definition) is 0. The summed E-state index contributed by atoms with van der Waals surface area (Å²) in [6.45, 7) is 31.9. The van der Waals surface area contributed by atoms with Gasteiger partial charge in [0.25, 0.3) is 0 Å². The van der Waals surface area contributed by atoms with Crippen LogP contribution in [0.4, 0.5) is 0 Å². The maximum atomic E-state index is 2.79. The first-order chi connectivity index (χ1) is 8.40. The van der Waals surface area contributed by atoms with E-state index in [1.54, 1.807) is 0 Å². The van der Waals surface area contributed by atoms with E-state index in [0.717, 1.165) is 0 Å². The molecule has 0 aliphatic carbocycles. The molecule has 5 heteroatoms. The minimum atomic E-state index is -1.03. The van der Waals surface area contributed by atoms with E-state index >= 15 is 0 Å². The zero-order valence-electron chi connectivity index (χ0n) is 16.6. The fourth-order valence-electron chi connectivity index (χ4n) is 5.19. The molecule has 0 spiro atoms. The normalized spacial score (nSPS) is 15.6. The second-order valence-electron chi connectivity index (χ2n) is 10.9. The molecule has 0 aliphatic rings. The third-order valence-electron chi connectivity index (χ3n) is 4.10. The Labute approximate surface area is 138 Å². The first kappa shape index (κ1) is 21.4. The standard InChI is InChI=1S/C15H41AsSi4/c1-16(14(17(2,3)4)18(5,6)7)15(19(8,9)10)20(11,12)13/h14-15H,1-13H3. The van der Waals surface area contributed by atoms with E-state index in [0.29, 0.717) is 0 Å². The topological polar surface area (TPSA) is 0 Å². The van der Waals surface area contributed by atoms with Crippen LogP contribution >= 0.6 is 0 Å². The summed E-state index contributed by atoms with van der Waals surface area (Å²) in [4.78, 5) is 0. The van der Waals surface area contributed by atoms with Crippen LogP contribution < -0.4 is 0 Å². The molecule has 20 heavy (non-hydrogen) atoms. The summed E-state index contributed by atoms with van der Waals surface area (Å²) in [6.07, 6.45) is 0. The van der Waals surface area contributed by atoms with Crippen molar-refractivity contribution in [3.63, 3.8) is 0 Å². The molecule has 0 N–H and O–H groups in total. The molecule has 0 heterocycles. The first-order valence-electron chi connectivity index (χ1n) is 8.12. The van der Waals surface area contributed by atoms with Crippen LogP contribution in [-0.2, 0) is 0 Å². The monoisotopic (exact) mass is 408 g/mol. The Morgan fingerprint density at radius 1 is 0.450 bits per heavy atom. The van der Waals surface area contributed by atoms with E-state index in [4.69, 9.17) is 0 Å². The van der Waals surface area contributed by atoms with Crippen molar-refractivity contribution in [1.29, 1.82) is 0 Å². The zero-order chi connectivity index (χ0) is 16.7. The quantitative estimate of drug-likeness (QED) is 0.448. The summed E-state index contributed by atoms with van der Waals surface area (Å²) in [5.74, 6) is 0. The summed E-state index contributed by atoms with van der Waals surface area (Å²) in [5.41, 5.74) is 2.79. The predicted molar refractivity (Wildman–Crippen MR) is 113 cm³/mol. The molecule has 0 aromatic heterocycles. The van der Waals surface area contributed by atoms with Gasteiger partial charge >= 0.3 is 139 Å². The molecule has 0 radical (unpaired) electrons. The van der Waals surface area contributed by atoms with Crippen molar-refractivity contribution in [3.8, 4) is 0 Å². The molecule has 0 aliphatic heterocycles. The van der Waals surface area contributed by atoms with Gasteiger partial charge in [-0.2, -0.15) is 0 Å². The molecule has 0 unspecified atom stereocenters. The molecular formula is C15H41AsSi4. The van der Waals surface area contributed by atoms with E-state index in [9.17, 15) is 0 Å². The Kier molecular flexibility index (Phi) is 6.97. The van der Waals surface area contributed by atoms with Gasteiger partial charge in [-0.3, -0.25) is 0 Å². The van der Waals surface area contributed by atoms with Gasteiger partial charge in [-0.15, -0.1) is 0 Å². The molecule has 122 valence electrons. The summed E-state index contributed by atoms with van der Waals surface area (Å²) in [6, 6.07) is 0. The van der Waals surface area contributed by atoms with Crippen molar-refractivity contribution in [2.75, 3.05) is 0 Å². The van der Waals surface area contributed by atoms with Crippen LogP contribution in [0.15, 0.2) is 0 Å². The Morgan fingerprint density at radius 3 is 0.700 bits per heavy atom. The molecule has 0 aromatic rings. The SMILES string of the molecule is C[As](C([Si](C)(C)C)[Si](C)(C)C)C([Si](C)(C)C)[Si](C)(C)C. The van der Waals surface area contributed by atoms with Gasteiger partial charge in [-0.05, 0) is 0 Å². The van der Waals surface area contributed by atoms with Crippen molar-refractivity contribution in [2.24, 2.45) is 0 Å². The van der Waals surface area contributed by atoms with Gasteiger partial charge in [-0.1, -0.05) is 0 Å². The fourth-order valence-corrected chi connectivity index (χ4v) is 68.4. The van der Waals surface area contributed by atoms with Crippen molar-refractivity contribution < 1.29 is 0 Å². The fraction of sp³-hybridized carbons (Fsp3) is 1.00. The maximum absolute atomic E-state index is 2.79. The van der Waals surface area contributed by atoms with Crippen molar-refractivity contribution in [3.05, 3.63) is 0 Å². The second kappa shape index (κ2) is 6.50. The van der Waals surface area contributed by atoms with Gasteiger partial charge in [-0.25, -0.2) is 0 Å². The van der Waals surface area contributed by atoms with E-state index in [-0.39, 0.29) is 0 Å². The van der Waals surface area contributed by atoms with Crippen molar-refractivity contribution in [2.45, 2.75) is 92.2 Å². The van der Waals surface area contributed by atoms with Crippen LogP contribution in [0.25, 0.3) is 0 Å². The molecule has 0 saturated carbocycles. The van der Waals surface area contributed by atoms with Crippen LogP contribution in [-0.4, -0.2) is 46.9 Å². The number of hydrogen-bond donors (Lipinski definition) is 0. The van der Waals surface area contributed by atoms with Crippen LogP contribution in [0, 0.1) is 0 Å². The second-order valence-corrected chi connectivity index (χ2v) is 42.5. The molecule has 0 rings (SSSR count). The van der Waals surface area contributed by atoms with Gasteiger partial charge in [0, 0.05) is 0 Å². The molecule has 0 atom stereocenters. The molecule has 0 saturated heterocycles. The minimum absolute atomic E-state index is 0.767. The molecule has 0 aromatic carbocycles. The Morgan fingerprint density at radius 2 is 0.600 bits per heavy atom. The Balaban J connectivity index is 5.81. The third-order valence-corrected chi connectivity index (χ3v) is 52.4. The molecule has 0 amide bonds. The summed E-state index contributed by atoms with van der Waals surface area (Å²) in [5, 5.41) is 0. The van der Waals surface area contributed by atoms with E-state index in [1.165, 1.54) is 7.90 Å². The van der Waals surface area contributed by atoms with Crippen LogP contribution in [0.5, 0.6) is 0 Å². The average Bonchev–Trinajstić information content (AvgIpc) is 1.88. The summed E-state index contributed by atoms with van der Waals surface area (Å²) < 4.78 is 2.40. The van der Waals surface area contributed by atoms with Crippen LogP contribution in [0.1, 0.15) is 0 Å². The van der Waals surface area contributed by atoms with Gasteiger partial charge in [0.2, 0.25) is 0 Å². The Bertz CT molecular complexity index is 255. The Hall–Kier alpha value is 1.43. The van der Waals surface area contributed by atoms with Crippen LogP contribution in [0.2, 0.25) is 92.2 Å². The van der Waals surface area contributed by atoms with E-state index in [2.05, 4.69) is 84.3 Å². The molecule has 0 fully saturated rings. The summed E-state index contributed by atoms with van der Waals surface area (Å²) >= 11 is -0.767. The van der Waals surface area contributed by atoms with E-state index in [1.807, 2.05) is 0 Å². The average molecular weight is 409 g/mol. The third kappa shape index (κ3) is 5.90. The zero-order valence-corrected chi connectivity index (χ0v) is 22.5. The molecular weight excluding hydrogens is 367 g/mol. The van der Waals surface area contributed by atoms with Crippen molar-refractivity contribution in [1.82, 2.24) is 0 Å². The van der Waals surface area contributed by atoms with E-state index < -0.39 is 46.9 Å². The van der Waals surface area contributed by atoms with Gasteiger partial charge in [0.05, 0.1) is 0 Å². The first-order valence-corrected chi connectivity index (χ1v) is 26.5. The van der Waals surface area contributed by atoms with Crippen molar-refractivity contribution >= 4 is 46.9 Å². The summed E-state index contributed by atoms with van der Waals surface area (Å²) in [7, 11) is -4.14. The number of rotatable bonds is 6. The van der Waals surface area contributed by atoms with Crippen LogP contribution in [0.3, 0.4) is 0 Å². The predicted octanol–water partition coefficient (Wildman–Crippen LogP) is 6.36. The molecule has 0 bridgehead atoms.